The van der Waals surface area contributed by atoms with Gasteiger partial charge in [0, 0.05) is 40.2 Å². The van der Waals surface area contributed by atoms with Crippen LogP contribution in [0.5, 0.6) is 0 Å². The van der Waals surface area contributed by atoms with Crippen molar-refractivity contribution in [2.24, 2.45) is 28.1 Å². The second-order valence-corrected chi connectivity index (χ2v) is 12.9. The fourth-order valence-electron chi connectivity index (χ4n) is 9.68. The number of aliphatic hydroxyl groups excluding tert-OH is 1. The Morgan fingerprint density at radius 1 is 1.18 bits per heavy atom. The zero-order valence-corrected chi connectivity index (χ0v) is 23.1. The van der Waals surface area contributed by atoms with Crippen LogP contribution in [0.1, 0.15) is 65.0 Å². The third-order valence-corrected chi connectivity index (χ3v) is 11.2. The maximum Gasteiger partial charge on any atom is 0.335 e. The van der Waals surface area contributed by atoms with Gasteiger partial charge in [-0.25, -0.2) is 4.79 Å². The third kappa shape index (κ3) is 2.81. The molecule has 0 spiro atoms. The van der Waals surface area contributed by atoms with Gasteiger partial charge in [0.15, 0.2) is 17.5 Å². The minimum atomic E-state index is -2.59. The number of hydrogen-bond acceptors (Lipinski definition) is 11. The van der Waals surface area contributed by atoms with E-state index in [2.05, 4.69) is 0 Å². The number of esters is 3. The van der Waals surface area contributed by atoms with E-state index in [1.165, 1.54) is 12.5 Å². The molecule has 11 heteroatoms. The standard InChI is InChI=1S/C29H34O11/c1-13(30)39-24-26(3)12-28(35)27(4,20(26)19(32)23(34)37-5)15-6-8-25(2)16(18(15)21(33)29(24,28)36)10-17(31)40-22(25)14-7-9-38-11-14/h7,9,11,15,19-20,22,24,32,35-36H,6,8,10,12H2,1-5H3. The van der Waals surface area contributed by atoms with Gasteiger partial charge in [0.25, 0.3) is 0 Å². The molecule has 1 saturated heterocycles. The summed E-state index contributed by atoms with van der Waals surface area (Å²) in [6.07, 6.45) is -0.781. The van der Waals surface area contributed by atoms with Gasteiger partial charge in [0.1, 0.15) is 17.8 Å². The van der Waals surface area contributed by atoms with Crippen LogP contribution < -0.4 is 0 Å². The minimum Gasteiger partial charge on any atom is -0.472 e. The van der Waals surface area contributed by atoms with E-state index < -0.39 is 81.3 Å². The Morgan fingerprint density at radius 2 is 1.88 bits per heavy atom. The fraction of sp³-hybridized carbons (Fsp3) is 0.655. The summed E-state index contributed by atoms with van der Waals surface area (Å²) in [7, 11) is 1.13. The zero-order chi connectivity index (χ0) is 29.2. The number of carbonyl (C=O) groups is 4. The van der Waals surface area contributed by atoms with E-state index in [-0.39, 0.29) is 18.4 Å². The Morgan fingerprint density at radius 3 is 2.48 bits per heavy atom. The Hall–Kier alpha value is -3.02. The normalized spacial score (nSPS) is 45.9. The van der Waals surface area contributed by atoms with Crippen molar-refractivity contribution in [3.63, 3.8) is 0 Å². The number of Topliss-reactive ketones (excluding diaryl/α,β-unsaturated/α-hetero) is 1. The summed E-state index contributed by atoms with van der Waals surface area (Å²) in [4.78, 5) is 52.6. The van der Waals surface area contributed by atoms with Crippen LogP contribution in [0, 0.1) is 28.1 Å². The molecular weight excluding hydrogens is 524 g/mol. The van der Waals surface area contributed by atoms with Gasteiger partial charge in [0.2, 0.25) is 0 Å². The summed E-state index contributed by atoms with van der Waals surface area (Å²) in [5.41, 5.74) is -7.14. The number of ether oxygens (including phenoxy) is 3. The van der Waals surface area contributed by atoms with Crippen molar-refractivity contribution in [3.05, 3.63) is 35.3 Å². The first-order chi connectivity index (χ1) is 18.6. The molecule has 5 aliphatic rings. The van der Waals surface area contributed by atoms with Gasteiger partial charge in [0.05, 0.1) is 26.1 Å². The van der Waals surface area contributed by atoms with Crippen LogP contribution in [0.4, 0.5) is 0 Å². The highest BCUT2D eigenvalue weighted by Crippen LogP contribution is 2.79. The number of ketones is 1. The summed E-state index contributed by atoms with van der Waals surface area (Å²) in [5, 5.41) is 36.2. The van der Waals surface area contributed by atoms with Crippen molar-refractivity contribution in [1.82, 2.24) is 0 Å². The van der Waals surface area contributed by atoms with Crippen LogP contribution in [0.15, 0.2) is 34.2 Å². The number of furan rings is 1. The molecule has 0 amide bonds. The highest BCUT2D eigenvalue weighted by molar-refractivity contribution is 6.08. The van der Waals surface area contributed by atoms with Crippen molar-refractivity contribution in [3.8, 4) is 0 Å². The van der Waals surface area contributed by atoms with E-state index in [0.717, 1.165) is 14.0 Å². The van der Waals surface area contributed by atoms with E-state index in [0.29, 0.717) is 24.0 Å². The Kier molecular flexibility index (Phi) is 5.46. The molecule has 10 atom stereocenters. The number of aliphatic hydroxyl groups is 3. The lowest BCUT2D eigenvalue weighted by Crippen LogP contribution is -2.79. The molecule has 4 fully saturated rings. The summed E-state index contributed by atoms with van der Waals surface area (Å²) in [5.74, 6) is -4.91. The molecule has 0 radical (unpaired) electrons. The average Bonchev–Trinajstić information content (AvgIpc) is 3.53. The highest BCUT2D eigenvalue weighted by atomic mass is 16.6. The zero-order valence-electron chi connectivity index (χ0n) is 23.1. The molecule has 40 heavy (non-hydrogen) atoms. The molecular formula is C29H34O11. The van der Waals surface area contributed by atoms with Crippen molar-refractivity contribution in [1.29, 1.82) is 0 Å². The molecule has 2 heterocycles. The molecule has 3 N–H and O–H groups in total. The maximum atomic E-state index is 14.6. The molecule has 10 unspecified atom stereocenters. The maximum absolute atomic E-state index is 14.6. The van der Waals surface area contributed by atoms with Crippen LogP contribution in [0.3, 0.4) is 0 Å². The molecule has 1 aromatic heterocycles. The molecule has 6 rings (SSSR count). The lowest BCUT2D eigenvalue weighted by molar-refractivity contribution is -0.280. The van der Waals surface area contributed by atoms with E-state index >= 15 is 0 Å². The van der Waals surface area contributed by atoms with Crippen molar-refractivity contribution < 1.29 is 53.1 Å². The lowest BCUT2D eigenvalue weighted by Gasteiger charge is -2.65. The van der Waals surface area contributed by atoms with Gasteiger partial charge in [-0.3, -0.25) is 14.4 Å². The van der Waals surface area contributed by atoms with E-state index in [9.17, 15) is 34.5 Å². The summed E-state index contributed by atoms with van der Waals surface area (Å²) in [6, 6.07) is 1.69. The van der Waals surface area contributed by atoms with Gasteiger partial charge in [-0.1, -0.05) is 20.8 Å². The molecule has 4 aliphatic carbocycles. The summed E-state index contributed by atoms with van der Waals surface area (Å²) >= 11 is 0. The molecule has 11 nitrogen and oxygen atoms in total. The van der Waals surface area contributed by atoms with Gasteiger partial charge < -0.3 is 33.9 Å². The summed E-state index contributed by atoms with van der Waals surface area (Å²) in [6.45, 7) is 6.28. The Bertz CT molecular complexity index is 1360. The average molecular weight is 559 g/mol. The van der Waals surface area contributed by atoms with Crippen molar-refractivity contribution in [2.45, 2.75) is 82.9 Å². The van der Waals surface area contributed by atoms with Crippen LogP contribution in [-0.4, -0.2) is 69.5 Å². The SMILES string of the molecule is COC(=O)C(O)C1C2(C)CC3(O)C(O)(C(=O)C4=C5CC(=O)OC(c6ccoc6)C5(C)CCC4C13C)C2OC(C)=O. The molecule has 3 saturated carbocycles. The third-order valence-electron chi connectivity index (χ3n) is 11.2. The van der Waals surface area contributed by atoms with E-state index in [1.807, 2.05) is 6.92 Å². The first kappa shape index (κ1) is 27.2. The van der Waals surface area contributed by atoms with Crippen LogP contribution in [0.25, 0.3) is 0 Å². The first-order valence-corrected chi connectivity index (χ1v) is 13.5. The Labute approximate surface area is 230 Å². The highest BCUT2D eigenvalue weighted by Gasteiger charge is 2.91. The van der Waals surface area contributed by atoms with Crippen molar-refractivity contribution >= 4 is 23.7 Å². The van der Waals surface area contributed by atoms with Gasteiger partial charge >= 0.3 is 17.9 Å². The lowest BCUT2D eigenvalue weighted by atomic mass is 9.40. The van der Waals surface area contributed by atoms with E-state index in [1.54, 1.807) is 19.9 Å². The number of methoxy groups -OCH3 is 1. The second kappa shape index (κ2) is 8.04. The molecule has 216 valence electrons. The largest absolute Gasteiger partial charge is 0.472 e. The topological polar surface area (TPSA) is 170 Å². The number of carbonyl (C=O) groups excluding carboxylic acids is 4. The van der Waals surface area contributed by atoms with Crippen LogP contribution >= 0.6 is 0 Å². The molecule has 0 aromatic carbocycles. The number of hydrogen-bond donors (Lipinski definition) is 3. The van der Waals surface area contributed by atoms with Crippen LogP contribution in [0.2, 0.25) is 0 Å². The molecule has 1 aromatic rings. The van der Waals surface area contributed by atoms with Gasteiger partial charge in [-0.15, -0.1) is 0 Å². The smallest absolute Gasteiger partial charge is 0.335 e. The van der Waals surface area contributed by atoms with Gasteiger partial charge in [-0.05, 0) is 36.8 Å². The monoisotopic (exact) mass is 558 g/mol. The summed E-state index contributed by atoms with van der Waals surface area (Å²) < 4.78 is 21.5. The number of rotatable bonds is 4. The Balaban J connectivity index is 1.63. The fourth-order valence-corrected chi connectivity index (χ4v) is 9.68. The van der Waals surface area contributed by atoms with Crippen LogP contribution in [-0.2, 0) is 33.4 Å². The predicted molar refractivity (Wildman–Crippen MR) is 133 cm³/mol. The first-order valence-electron chi connectivity index (χ1n) is 13.5. The van der Waals surface area contributed by atoms with E-state index in [4.69, 9.17) is 18.6 Å². The number of fused-ring (bicyclic) bond motifs is 4. The quantitative estimate of drug-likeness (QED) is 0.362. The van der Waals surface area contributed by atoms with Crippen molar-refractivity contribution in [2.75, 3.05) is 7.11 Å². The predicted octanol–water partition coefficient (Wildman–Crippen LogP) is 1.54. The molecule has 2 bridgehead atoms. The second-order valence-electron chi connectivity index (χ2n) is 12.9. The minimum absolute atomic E-state index is 0.164. The number of cyclic esters (lactones) is 1. The molecule has 1 aliphatic heterocycles. The van der Waals surface area contributed by atoms with Gasteiger partial charge in [-0.2, -0.15) is 0 Å².